The van der Waals surface area contributed by atoms with Crippen LogP contribution in [-0.4, -0.2) is 62.4 Å². The summed E-state index contributed by atoms with van der Waals surface area (Å²) in [5.74, 6) is 2.05. The van der Waals surface area contributed by atoms with Crippen molar-refractivity contribution < 1.29 is 14.3 Å². The summed E-state index contributed by atoms with van der Waals surface area (Å²) in [6.07, 6.45) is 5.62. The monoisotopic (exact) mass is 440 g/mol. The lowest BCUT2D eigenvalue weighted by Gasteiger charge is -2.24. The van der Waals surface area contributed by atoms with Gasteiger partial charge in [0.1, 0.15) is 23.5 Å². The lowest BCUT2D eigenvalue weighted by Crippen LogP contribution is -2.36. The van der Waals surface area contributed by atoms with E-state index in [0.717, 1.165) is 23.2 Å². The Bertz CT molecular complexity index is 1060. The predicted molar refractivity (Wildman–Crippen MR) is 124 cm³/mol. The van der Waals surface area contributed by atoms with Gasteiger partial charge in [-0.2, -0.15) is 0 Å². The molecule has 0 radical (unpaired) electrons. The minimum atomic E-state index is -0.501. The van der Waals surface area contributed by atoms with Crippen molar-refractivity contribution in [2.24, 2.45) is 0 Å². The average molecular weight is 441 g/mol. The molecule has 1 N–H and O–H groups in total. The number of aromatic nitrogens is 4. The first-order chi connectivity index (χ1) is 15.3. The maximum atomic E-state index is 12.3. The standard InChI is InChI=1S/C21H26N6O3.C2H6/c1-21(2,3)30-20(28)26-8-7-14(12-26)24-18-10-22-11-19(25-18)27-13-23-16-6-5-15(29-4)9-17(16)27;1-2/h5-6,9-11,13-14H,7-8,12H2,1-4H3,(H,24,25);1-2H3. The number of hydrogen-bond acceptors (Lipinski definition) is 7. The van der Waals surface area contributed by atoms with Crippen LogP contribution in [0.5, 0.6) is 5.75 Å². The van der Waals surface area contributed by atoms with Gasteiger partial charge in [0.25, 0.3) is 0 Å². The van der Waals surface area contributed by atoms with Gasteiger partial charge in [-0.15, -0.1) is 0 Å². The number of carbonyl (C=O) groups is 1. The van der Waals surface area contributed by atoms with E-state index >= 15 is 0 Å². The summed E-state index contributed by atoms with van der Waals surface area (Å²) in [5.41, 5.74) is 1.23. The summed E-state index contributed by atoms with van der Waals surface area (Å²) < 4.78 is 12.7. The number of benzene rings is 1. The SMILES string of the molecule is CC.COc1ccc2ncn(-c3cncc(NC4CCN(C(=O)OC(C)(C)C)C4)n3)c2c1. The zero-order valence-corrected chi connectivity index (χ0v) is 19.6. The van der Waals surface area contributed by atoms with Crippen molar-refractivity contribution in [1.82, 2.24) is 24.4 Å². The first kappa shape index (κ1) is 23.3. The van der Waals surface area contributed by atoms with Crippen molar-refractivity contribution in [1.29, 1.82) is 0 Å². The summed E-state index contributed by atoms with van der Waals surface area (Å²) in [7, 11) is 1.63. The number of hydrogen-bond donors (Lipinski definition) is 1. The van der Waals surface area contributed by atoms with Crippen LogP contribution < -0.4 is 10.1 Å². The Kier molecular flexibility index (Phi) is 7.17. The van der Waals surface area contributed by atoms with Crippen molar-refractivity contribution in [3.05, 3.63) is 36.9 Å². The van der Waals surface area contributed by atoms with E-state index in [2.05, 4.69) is 20.3 Å². The third-order valence-corrected chi connectivity index (χ3v) is 4.82. The number of carbonyl (C=O) groups excluding carboxylic acids is 1. The number of methoxy groups -OCH3 is 1. The van der Waals surface area contributed by atoms with E-state index < -0.39 is 5.60 Å². The molecule has 1 aromatic carbocycles. The average Bonchev–Trinajstić information content (AvgIpc) is 3.41. The van der Waals surface area contributed by atoms with Crippen LogP contribution in [0.25, 0.3) is 16.9 Å². The third kappa shape index (κ3) is 5.46. The molecule has 1 fully saturated rings. The molecule has 32 heavy (non-hydrogen) atoms. The number of ether oxygens (including phenoxy) is 2. The molecule has 2 aromatic heterocycles. The van der Waals surface area contributed by atoms with Gasteiger partial charge in [-0.25, -0.2) is 14.8 Å². The summed E-state index contributed by atoms with van der Waals surface area (Å²) in [6.45, 7) is 10.8. The minimum Gasteiger partial charge on any atom is -0.497 e. The van der Waals surface area contributed by atoms with Crippen LogP contribution in [0.1, 0.15) is 41.0 Å². The molecule has 9 nitrogen and oxygen atoms in total. The summed E-state index contributed by atoms with van der Waals surface area (Å²) in [6, 6.07) is 5.78. The molecule has 3 aromatic rings. The van der Waals surface area contributed by atoms with Crippen molar-refractivity contribution >= 4 is 22.9 Å². The molecule has 1 saturated heterocycles. The molecular weight excluding hydrogens is 408 g/mol. The Morgan fingerprint density at radius 1 is 1.22 bits per heavy atom. The van der Waals surface area contributed by atoms with E-state index in [0.29, 0.717) is 24.7 Å². The highest BCUT2D eigenvalue weighted by atomic mass is 16.6. The molecule has 1 unspecified atom stereocenters. The molecule has 1 atom stereocenters. The number of rotatable bonds is 4. The molecule has 172 valence electrons. The molecule has 9 heteroatoms. The molecule has 0 spiro atoms. The number of likely N-dealkylation sites (tertiary alicyclic amines) is 1. The molecule has 0 saturated carbocycles. The van der Waals surface area contributed by atoms with Gasteiger partial charge < -0.3 is 19.7 Å². The van der Waals surface area contributed by atoms with Gasteiger partial charge in [0.05, 0.1) is 30.5 Å². The summed E-state index contributed by atoms with van der Waals surface area (Å²) >= 11 is 0. The zero-order valence-electron chi connectivity index (χ0n) is 19.6. The largest absolute Gasteiger partial charge is 0.497 e. The number of nitrogens with one attached hydrogen (secondary N) is 1. The molecular formula is C23H32N6O3. The third-order valence-electron chi connectivity index (χ3n) is 4.82. The van der Waals surface area contributed by atoms with Crippen LogP contribution in [-0.2, 0) is 4.74 Å². The second-order valence-electron chi connectivity index (χ2n) is 8.29. The van der Waals surface area contributed by atoms with E-state index in [-0.39, 0.29) is 12.1 Å². The van der Waals surface area contributed by atoms with E-state index in [1.807, 2.05) is 57.4 Å². The van der Waals surface area contributed by atoms with Crippen molar-refractivity contribution in [3.8, 4) is 11.6 Å². The van der Waals surface area contributed by atoms with E-state index in [4.69, 9.17) is 9.47 Å². The molecule has 0 aliphatic carbocycles. The van der Waals surface area contributed by atoms with Crippen molar-refractivity contribution in [3.63, 3.8) is 0 Å². The van der Waals surface area contributed by atoms with Gasteiger partial charge in [0.15, 0.2) is 5.82 Å². The van der Waals surface area contributed by atoms with Crippen molar-refractivity contribution in [2.75, 3.05) is 25.5 Å². The highest BCUT2D eigenvalue weighted by molar-refractivity contribution is 5.78. The first-order valence-corrected chi connectivity index (χ1v) is 10.9. The Labute approximate surface area is 188 Å². The second kappa shape index (κ2) is 9.84. The summed E-state index contributed by atoms with van der Waals surface area (Å²) in [5, 5.41) is 3.38. The van der Waals surface area contributed by atoms with E-state index in [1.165, 1.54) is 0 Å². The van der Waals surface area contributed by atoms with Crippen LogP contribution in [0.15, 0.2) is 36.9 Å². The van der Waals surface area contributed by atoms with Crippen LogP contribution >= 0.6 is 0 Å². The summed E-state index contributed by atoms with van der Waals surface area (Å²) in [4.78, 5) is 27.4. The van der Waals surface area contributed by atoms with Crippen LogP contribution in [0, 0.1) is 0 Å². The molecule has 1 aliphatic rings. The number of fused-ring (bicyclic) bond motifs is 1. The normalized spacial score (nSPS) is 15.8. The van der Waals surface area contributed by atoms with E-state index in [1.54, 1.807) is 30.7 Å². The van der Waals surface area contributed by atoms with E-state index in [9.17, 15) is 4.79 Å². The number of nitrogens with zero attached hydrogens (tertiary/aromatic N) is 5. The smallest absolute Gasteiger partial charge is 0.410 e. The zero-order chi connectivity index (χ0) is 23.3. The maximum Gasteiger partial charge on any atom is 0.410 e. The number of anilines is 1. The van der Waals surface area contributed by atoms with Gasteiger partial charge in [-0.1, -0.05) is 13.8 Å². The number of imidazole rings is 1. The Hall–Kier alpha value is -3.36. The van der Waals surface area contributed by atoms with Crippen molar-refractivity contribution in [2.45, 2.75) is 52.7 Å². The lowest BCUT2D eigenvalue weighted by atomic mass is 10.2. The molecule has 1 amide bonds. The Morgan fingerprint density at radius 3 is 2.72 bits per heavy atom. The van der Waals surface area contributed by atoms with Crippen LogP contribution in [0.3, 0.4) is 0 Å². The molecule has 1 aliphatic heterocycles. The van der Waals surface area contributed by atoms with Gasteiger partial charge in [-0.05, 0) is 39.3 Å². The highest BCUT2D eigenvalue weighted by Gasteiger charge is 2.30. The minimum absolute atomic E-state index is 0.0849. The van der Waals surface area contributed by atoms with Crippen LogP contribution in [0.2, 0.25) is 0 Å². The van der Waals surface area contributed by atoms with Gasteiger partial charge in [0, 0.05) is 25.2 Å². The van der Waals surface area contributed by atoms with Gasteiger partial charge >= 0.3 is 6.09 Å². The fraction of sp³-hybridized carbons (Fsp3) is 0.478. The fourth-order valence-electron chi connectivity index (χ4n) is 3.42. The quantitative estimate of drug-likeness (QED) is 0.647. The molecule has 3 heterocycles. The topological polar surface area (TPSA) is 94.4 Å². The first-order valence-electron chi connectivity index (χ1n) is 10.9. The highest BCUT2D eigenvalue weighted by Crippen LogP contribution is 2.23. The maximum absolute atomic E-state index is 12.3. The number of amides is 1. The van der Waals surface area contributed by atoms with Gasteiger partial charge in [-0.3, -0.25) is 9.55 Å². The molecule has 4 rings (SSSR count). The van der Waals surface area contributed by atoms with Crippen LogP contribution in [0.4, 0.5) is 10.6 Å². The molecule has 0 bridgehead atoms. The Morgan fingerprint density at radius 2 is 2.00 bits per heavy atom. The lowest BCUT2D eigenvalue weighted by molar-refractivity contribution is 0.0293. The fourth-order valence-corrected chi connectivity index (χ4v) is 3.42. The Balaban J connectivity index is 0.00000141. The predicted octanol–water partition coefficient (Wildman–Crippen LogP) is 4.27. The van der Waals surface area contributed by atoms with Gasteiger partial charge in [0.2, 0.25) is 0 Å². The second-order valence-corrected chi connectivity index (χ2v) is 8.29.